The van der Waals surface area contributed by atoms with Crippen molar-refractivity contribution in [1.82, 2.24) is 4.90 Å². The average molecular weight is 323 g/mol. The molecule has 0 bridgehead atoms. The molecule has 7 heteroatoms. The van der Waals surface area contributed by atoms with Gasteiger partial charge in [-0.25, -0.2) is 0 Å². The summed E-state index contributed by atoms with van der Waals surface area (Å²) < 4.78 is 40.9. The Morgan fingerprint density at radius 2 is 1.86 bits per heavy atom. The summed E-state index contributed by atoms with van der Waals surface area (Å²) in [5, 5.41) is 0.0127. The third kappa shape index (κ3) is 4.41. The van der Waals surface area contributed by atoms with Crippen LogP contribution in [0.5, 0.6) is 5.75 Å². The minimum Gasteiger partial charge on any atom is -0.404 e. The van der Waals surface area contributed by atoms with Crippen molar-refractivity contribution >= 4 is 17.3 Å². The first kappa shape index (κ1) is 16.2. The number of halogens is 4. The molecule has 1 saturated heterocycles. The van der Waals surface area contributed by atoms with Crippen molar-refractivity contribution in [3.8, 4) is 5.75 Å². The van der Waals surface area contributed by atoms with E-state index in [2.05, 4.69) is 16.6 Å². The van der Waals surface area contributed by atoms with Crippen LogP contribution in [-0.4, -0.2) is 44.0 Å². The van der Waals surface area contributed by atoms with Crippen LogP contribution in [0.2, 0.25) is 5.02 Å². The predicted octanol–water partition coefficient (Wildman–Crippen LogP) is 3.77. The van der Waals surface area contributed by atoms with Crippen LogP contribution in [0.15, 0.2) is 18.2 Å². The van der Waals surface area contributed by atoms with E-state index in [1.165, 1.54) is 12.1 Å². The Hall–Kier alpha value is -1.14. The van der Waals surface area contributed by atoms with Crippen molar-refractivity contribution in [3.63, 3.8) is 0 Å². The van der Waals surface area contributed by atoms with Gasteiger partial charge in [-0.05, 0) is 25.1 Å². The van der Waals surface area contributed by atoms with Crippen LogP contribution in [0.3, 0.4) is 0 Å². The third-order valence-electron chi connectivity index (χ3n) is 3.42. The molecule has 1 aliphatic heterocycles. The summed E-state index contributed by atoms with van der Waals surface area (Å²) >= 11 is 6.07. The number of benzene rings is 1. The first-order valence-electron chi connectivity index (χ1n) is 6.92. The summed E-state index contributed by atoms with van der Waals surface area (Å²) in [7, 11) is 0. The highest BCUT2D eigenvalue weighted by Crippen LogP contribution is 2.37. The number of hydrogen-bond donors (Lipinski definition) is 0. The van der Waals surface area contributed by atoms with Crippen LogP contribution in [-0.2, 0) is 0 Å². The summed E-state index contributed by atoms with van der Waals surface area (Å²) in [5.41, 5.74) is 0.592. The van der Waals surface area contributed by atoms with Gasteiger partial charge in [0, 0.05) is 26.2 Å². The number of ether oxygens (including phenoxy) is 1. The fourth-order valence-electron chi connectivity index (χ4n) is 2.48. The van der Waals surface area contributed by atoms with Crippen molar-refractivity contribution in [2.24, 2.45) is 0 Å². The molecule has 1 aliphatic rings. The molecule has 0 unspecified atom stereocenters. The van der Waals surface area contributed by atoms with Gasteiger partial charge in [0.1, 0.15) is 10.8 Å². The van der Waals surface area contributed by atoms with E-state index in [1.807, 2.05) is 4.90 Å². The maximum atomic E-state index is 12.3. The minimum atomic E-state index is -4.73. The van der Waals surface area contributed by atoms with E-state index in [0.717, 1.165) is 39.1 Å². The Bertz CT molecular complexity index is 474. The van der Waals surface area contributed by atoms with Gasteiger partial charge in [0.05, 0.1) is 5.69 Å². The molecular formula is C14H18ClF3N2O. The van der Waals surface area contributed by atoms with E-state index < -0.39 is 6.36 Å². The fourth-order valence-corrected chi connectivity index (χ4v) is 2.76. The second-order valence-electron chi connectivity index (χ2n) is 4.97. The molecule has 3 nitrogen and oxygen atoms in total. The van der Waals surface area contributed by atoms with Gasteiger partial charge in [0.15, 0.2) is 0 Å². The molecule has 0 aliphatic carbocycles. The van der Waals surface area contributed by atoms with E-state index in [1.54, 1.807) is 6.07 Å². The Morgan fingerprint density at radius 1 is 1.19 bits per heavy atom. The van der Waals surface area contributed by atoms with Crippen molar-refractivity contribution in [3.05, 3.63) is 23.2 Å². The molecule has 0 spiro atoms. The molecule has 0 aromatic heterocycles. The molecule has 2 rings (SSSR count). The van der Waals surface area contributed by atoms with Crippen molar-refractivity contribution in [1.29, 1.82) is 0 Å². The summed E-state index contributed by atoms with van der Waals surface area (Å²) in [5.74, 6) is -0.349. The van der Waals surface area contributed by atoms with Gasteiger partial charge in [-0.1, -0.05) is 24.6 Å². The third-order valence-corrected chi connectivity index (χ3v) is 3.80. The number of piperazine rings is 1. The average Bonchev–Trinajstić information content (AvgIpc) is 2.41. The second-order valence-corrected chi connectivity index (χ2v) is 5.34. The Labute approximate surface area is 127 Å². The van der Waals surface area contributed by atoms with E-state index in [-0.39, 0.29) is 10.8 Å². The minimum absolute atomic E-state index is 0.0127. The lowest BCUT2D eigenvalue weighted by molar-refractivity contribution is -0.274. The van der Waals surface area contributed by atoms with Crippen molar-refractivity contribution < 1.29 is 17.9 Å². The zero-order valence-corrected chi connectivity index (χ0v) is 12.5. The maximum absolute atomic E-state index is 12.3. The van der Waals surface area contributed by atoms with E-state index >= 15 is 0 Å². The quantitative estimate of drug-likeness (QED) is 0.839. The number of anilines is 1. The van der Waals surface area contributed by atoms with Gasteiger partial charge in [-0.15, -0.1) is 13.2 Å². The molecule has 1 aromatic carbocycles. The molecule has 0 N–H and O–H groups in total. The lowest BCUT2D eigenvalue weighted by Gasteiger charge is -2.36. The summed E-state index contributed by atoms with van der Waals surface area (Å²) in [6.07, 6.45) is -3.64. The van der Waals surface area contributed by atoms with E-state index in [9.17, 15) is 13.2 Å². The smallest absolute Gasteiger partial charge is 0.404 e. The fraction of sp³-hybridized carbons (Fsp3) is 0.571. The lowest BCUT2D eigenvalue weighted by atomic mass is 10.2. The molecule has 21 heavy (non-hydrogen) atoms. The highest BCUT2D eigenvalue weighted by Gasteiger charge is 2.32. The van der Waals surface area contributed by atoms with Crippen molar-refractivity contribution in [2.45, 2.75) is 19.7 Å². The summed E-state index contributed by atoms with van der Waals surface area (Å²) in [6, 6.07) is 4.48. The lowest BCUT2D eigenvalue weighted by Crippen LogP contribution is -2.46. The number of rotatable bonds is 4. The van der Waals surface area contributed by atoms with Crippen LogP contribution >= 0.6 is 11.6 Å². The Balaban J connectivity index is 2.09. The molecule has 1 aromatic rings. The predicted molar refractivity (Wildman–Crippen MR) is 77.1 cm³/mol. The van der Waals surface area contributed by atoms with Gasteiger partial charge in [0.2, 0.25) is 0 Å². The van der Waals surface area contributed by atoms with Gasteiger partial charge in [-0.2, -0.15) is 0 Å². The first-order valence-corrected chi connectivity index (χ1v) is 7.30. The zero-order chi connectivity index (χ0) is 15.5. The highest BCUT2D eigenvalue weighted by atomic mass is 35.5. The second kappa shape index (κ2) is 6.75. The van der Waals surface area contributed by atoms with E-state index in [4.69, 9.17) is 11.6 Å². The largest absolute Gasteiger partial charge is 0.573 e. The zero-order valence-electron chi connectivity index (χ0n) is 11.8. The molecule has 118 valence electrons. The number of nitrogens with zero attached hydrogens (tertiary/aromatic N) is 2. The molecule has 0 radical (unpaired) electrons. The number of hydrogen-bond acceptors (Lipinski definition) is 3. The molecular weight excluding hydrogens is 305 g/mol. The monoisotopic (exact) mass is 322 g/mol. The summed E-state index contributed by atoms with van der Waals surface area (Å²) in [4.78, 5) is 4.33. The first-order chi connectivity index (χ1) is 9.90. The van der Waals surface area contributed by atoms with Gasteiger partial charge in [0.25, 0.3) is 0 Å². The molecule has 0 atom stereocenters. The van der Waals surface area contributed by atoms with E-state index in [0.29, 0.717) is 5.69 Å². The van der Waals surface area contributed by atoms with Gasteiger partial charge >= 0.3 is 6.36 Å². The summed E-state index contributed by atoms with van der Waals surface area (Å²) in [6.45, 7) is 6.42. The highest BCUT2D eigenvalue weighted by molar-refractivity contribution is 6.34. The molecule has 1 fully saturated rings. The van der Waals surface area contributed by atoms with Crippen LogP contribution in [0.4, 0.5) is 18.9 Å². The Morgan fingerprint density at radius 3 is 2.43 bits per heavy atom. The van der Waals surface area contributed by atoms with Gasteiger partial charge < -0.3 is 9.64 Å². The van der Waals surface area contributed by atoms with Crippen molar-refractivity contribution in [2.75, 3.05) is 37.6 Å². The topological polar surface area (TPSA) is 15.7 Å². The van der Waals surface area contributed by atoms with Crippen LogP contribution in [0.25, 0.3) is 0 Å². The maximum Gasteiger partial charge on any atom is 0.573 e. The number of alkyl halides is 3. The molecule has 1 heterocycles. The molecule has 0 amide bonds. The normalized spacial score (nSPS) is 17.1. The van der Waals surface area contributed by atoms with Crippen LogP contribution in [0, 0.1) is 0 Å². The van der Waals surface area contributed by atoms with Gasteiger partial charge in [-0.3, -0.25) is 4.90 Å². The molecule has 0 saturated carbocycles. The van der Waals surface area contributed by atoms with Crippen LogP contribution in [0.1, 0.15) is 13.3 Å². The SMILES string of the molecule is CCCN1CCN(c2cccc(OC(F)(F)F)c2Cl)CC1. The van der Waals surface area contributed by atoms with Crippen LogP contribution < -0.4 is 9.64 Å². The standard InChI is InChI=1S/C14H18ClF3N2O/c1-2-6-19-7-9-20(10-8-19)11-4-3-5-12(13(11)15)21-14(16,17)18/h3-5H,2,6-10H2,1H3. The Kier molecular flexibility index (Phi) is 5.22.